The van der Waals surface area contributed by atoms with E-state index in [0.29, 0.717) is 25.4 Å². The molecule has 0 saturated carbocycles. The number of primary sulfonamides is 1. The van der Waals surface area contributed by atoms with Gasteiger partial charge in [0.05, 0.1) is 11.4 Å². The van der Waals surface area contributed by atoms with Crippen LogP contribution in [0.25, 0.3) is 0 Å². The topological polar surface area (TPSA) is 105 Å². The van der Waals surface area contributed by atoms with Gasteiger partial charge in [-0.15, -0.1) is 0 Å². The van der Waals surface area contributed by atoms with Crippen LogP contribution in [0.5, 0.6) is 5.75 Å². The van der Waals surface area contributed by atoms with Gasteiger partial charge in [-0.25, -0.2) is 13.6 Å². The number of amides is 1. The highest BCUT2D eigenvalue weighted by Gasteiger charge is 2.17. The van der Waals surface area contributed by atoms with E-state index in [4.69, 9.17) is 9.88 Å². The molecule has 8 nitrogen and oxygen atoms in total. The number of likely N-dealkylation sites (N-methyl/N-ethyl adjacent to an activating group) is 1. The van der Waals surface area contributed by atoms with Gasteiger partial charge in [0.1, 0.15) is 12.4 Å². The molecule has 1 fully saturated rings. The van der Waals surface area contributed by atoms with Gasteiger partial charge in [0.15, 0.2) is 0 Å². The van der Waals surface area contributed by atoms with Gasteiger partial charge in [0.2, 0.25) is 15.9 Å². The fraction of sp³-hybridized carbons (Fsp3) is 0.533. The number of nitrogens with two attached hydrogens (primary N) is 1. The summed E-state index contributed by atoms with van der Waals surface area (Å²) in [5.74, 6) is 0.681. The number of nitrogens with zero attached hydrogens (tertiary/aromatic N) is 2. The third kappa shape index (κ3) is 5.75. The van der Waals surface area contributed by atoms with Gasteiger partial charge in [-0.1, -0.05) is 0 Å². The van der Waals surface area contributed by atoms with Gasteiger partial charge in [0, 0.05) is 32.7 Å². The molecule has 134 valence electrons. The normalized spacial score (nSPS) is 15.5. The second kappa shape index (κ2) is 8.43. The molecular formula is C15H24N4O4S. The van der Waals surface area contributed by atoms with Crippen molar-refractivity contribution < 1.29 is 17.9 Å². The highest BCUT2D eigenvalue weighted by Crippen LogP contribution is 2.14. The molecule has 1 aromatic carbocycles. The van der Waals surface area contributed by atoms with E-state index in [0.717, 1.165) is 26.2 Å². The van der Waals surface area contributed by atoms with Crippen molar-refractivity contribution in [3.05, 3.63) is 24.3 Å². The van der Waals surface area contributed by atoms with Crippen LogP contribution in [0.2, 0.25) is 0 Å². The van der Waals surface area contributed by atoms with Crippen LogP contribution < -0.4 is 15.2 Å². The fourth-order valence-electron chi connectivity index (χ4n) is 2.37. The SMILES string of the molecule is CN(CCOc1ccc(S(N)(=O)=O)cc1)CC(=O)N1CCNCC1. The molecule has 1 aliphatic rings. The van der Waals surface area contributed by atoms with E-state index in [-0.39, 0.29) is 10.8 Å². The van der Waals surface area contributed by atoms with Crippen molar-refractivity contribution in [1.29, 1.82) is 0 Å². The first-order chi connectivity index (χ1) is 11.4. The molecule has 9 heteroatoms. The van der Waals surface area contributed by atoms with E-state index in [1.54, 1.807) is 12.1 Å². The second-order valence-corrected chi connectivity index (χ2v) is 7.29. The molecule has 3 N–H and O–H groups in total. The maximum Gasteiger partial charge on any atom is 0.238 e. The minimum absolute atomic E-state index is 0.0496. The summed E-state index contributed by atoms with van der Waals surface area (Å²) < 4.78 is 27.9. The zero-order valence-corrected chi connectivity index (χ0v) is 14.6. The molecule has 1 heterocycles. The Hall–Kier alpha value is -1.68. The van der Waals surface area contributed by atoms with E-state index in [1.807, 2.05) is 16.8 Å². The molecule has 0 unspecified atom stereocenters. The van der Waals surface area contributed by atoms with Crippen molar-refractivity contribution in [2.24, 2.45) is 5.14 Å². The van der Waals surface area contributed by atoms with Crippen molar-refractivity contribution in [3.63, 3.8) is 0 Å². The third-order valence-electron chi connectivity index (χ3n) is 3.77. The summed E-state index contributed by atoms with van der Waals surface area (Å²) in [4.78, 5) is 15.9. The molecule has 1 aromatic rings. The molecular weight excluding hydrogens is 332 g/mol. The molecule has 0 radical (unpaired) electrons. The van der Waals surface area contributed by atoms with Crippen molar-refractivity contribution in [2.45, 2.75) is 4.90 Å². The van der Waals surface area contributed by atoms with Crippen molar-refractivity contribution in [3.8, 4) is 5.75 Å². The summed E-state index contributed by atoms with van der Waals surface area (Å²) >= 11 is 0. The molecule has 0 atom stereocenters. The Kier molecular flexibility index (Phi) is 6.55. The summed E-state index contributed by atoms with van der Waals surface area (Å²) in [5, 5.41) is 8.26. The summed E-state index contributed by atoms with van der Waals surface area (Å²) in [7, 11) is -1.82. The molecule has 0 aliphatic carbocycles. The zero-order chi connectivity index (χ0) is 17.6. The van der Waals surface area contributed by atoms with Gasteiger partial charge >= 0.3 is 0 Å². The summed E-state index contributed by atoms with van der Waals surface area (Å²) in [5.41, 5.74) is 0. The minimum Gasteiger partial charge on any atom is -0.492 e. The average Bonchev–Trinajstić information content (AvgIpc) is 2.55. The largest absolute Gasteiger partial charge is 0.492 e. The van der Waals surface area contributed by atoms with Crippen LogP contribution in [0.1, 0.15) is 0 Å². The van der Waals surface area contributed by atoms with Gasteiger partial charge in [-0.3, -0.25) is 9.69 Å². The lowest BCUT2D eigenvalue weighted by Crippen LogP contribution is -2.49. The number of nitrogens with one attached hydrogen (secondary N) is 1. The van der Waals surface area contributed by atoms with E-state index in [1.165, 1.54) is 12.1 Å². The Balaban J connectivity index is 1.72. The Morgan fingerprint density at radius 2 is 1.92 bits per heavy atom. The first kappa shape index (κ1) is 18.7. The van der Waals surface area contributed by atoms with E-state index >= 15 is 0 Å². The second-order valence-electron chi connectivity index (χ2n) is 5.73. The van der Waals surface area contributed by atoms with Crippen molar-refractivity contribution >= 4 is 15.9 Å². The van der Waals surface area contributed by atoms with E-state index in [2.05, 4.69) is 5.32 Å². The van der Waals surface area contributed by atoms with Gasteiger partial charge in [-0.2, -0.15) is 0 Å². The number of rotatable bonds is 7. The predicted molar refractivity (Wildman–Crippen MR) is 90.3 cm³/mol. The lowest BCUT2D eigenvalue weighted by molar-refractivity contribution is -0.132. The Morgan fingerprint density at radius 3 is 2.50 bits per heavy atom. The lowest BCUT2D eigenvalue weighted by atomic mass is 10.3. The van der Waals surface area contributed by atoms with Crippen LogP contribution in [-0.4, -0.2) is 77.0 Å². The highest BCUT2D eigenvalue weighted by molar-refractivity contribution is 7.89. The molecule has 24 heavy (non-hydrogen) atoms. The average molecular weight is 356 g/mol. The van der Waals surface area contributed by atoms with Gasteiger partial charge in [-0.05, 0) is 31.3 Å². The summed E-state index contributed by atoms with van der Waals surface area (Å²) in [6.07, 6.45) is 0. The number of ether oxygens (including phenoxy) is 1. The van der Waals surface area contributed by atoms with Crippen molar-refractivity contribution in [1.82, 2.24) is 15.1 Å². The molecule has 0 spiro atoms. The van der Waals surface area contributed by atoms with Crippen LogP contribution in [0.4, 0.5) is 0 Å². The van der Waals surface area contributed by atoms with Gasteiger partial charge < -0.3 is 15.0 Å². The number of carbonyl (C=O) groups is 1. The number of benzene rings is 1. The van der Waals surface area contributed by atoms with Crippen LogP contribution in [0, 0.1) is 0 Å². The lowest BCUT2D eigenvalue weighted by Gasteiger charge is -2.29. The standard InChI is InChI=1S/C15H24N4O4S/c1-18(12-15(20)19-8-6-17-7-9-19)10-11-23-13-2-4-14(5-3-13)24(16,21)22/h2-5,17H,6-12H2,1H3,(H2,16,21,22). The molecule has 0 aromatic heterocycles. The molecule has 1 saturated heterocycles. The predicted octanol–water partition coefficient (Wildman–Crippen LogP) is -0.924. The molecule has 2 rings (SSSR count). The first-order valence-electron chi connectivity index (χ1n) is 7.79. The van der Waals surface area contributed by atoms with Gasteiger partial charge in [0.25, 0.3) is 0 Å². The smallest absolute Gasteiger partial charge is 0.238 e. The molecule has 1 aliphatic heterocycles. The number of hydrogen-bond acceptors (Lipinski definition) is 6. The maximum absolute atomic E-state index is 12.1. The summed E-state index contributed by atoms with van der Waals surface area (Å²) in [6.45, 7) is 4.53. The minimum atomic E-state index is -3.69. The number of carbonyl (C=O) groups excluding carboxylic acids is 1. The monoisotopic (exact) mass is 356 g/mol. The van der Waals surface area contributed by atoms with E-state index in [9.17, 15) is 13.2 Å². The quantitative estimate of drug-likeness (QED) is 0.654. The maximum atomic E-state index is 12.1. The van der Waals surface area contributed by atoms with Crippen LogP contribution in [0.3, 0.4) is 0 Å². The van der Waals surface area contributed by atoms with Crippen LogP contribution in [-0.2, 0) is 14.8 Å². The Bertz CT molecular complexity index is 642. The summed E-state index contributed by atoms with van der Waals surface area (Å²) in [6, 6.07) is 5.93. The molecule has 1 amide bonds. The first-order valence-corrected chi connectivity index (χ1v) is 9.33. The fourth-order valence-corrected chi connectivity index (χ4v) is 2.88. The third-order valence-corrected chi connectivity index (χ3v) is 4.70. The van der Waals surface area contributed by atoms with E-state index < -0.39 is 10.0 Å². The van der Waals surface area contributed by atoms with Crippen LogP contribution >= 0.6 is 0 Å². The van der Waals surface area contributed by atoms with Crippen molar-refractivity contribution in [2.75, 3.05) is 52.9 Å². The Morgan fingerprint density at radius 1 is 1.29 bits per heavy atom. The number of hydrogen-bond donors (Lipinski definition) is 2. The Labute approximate surface area is 142 Å². The number of piperazine rings is 1. The number of sulfonamides is 1. The van der Waals surface area contributed by atoms with Crippen LogP contribution in [0.15, 0.2) is 29.2 Å². The zero-order valence-electron chi connectivity index (χ0n) is 13.8. The molecule has 0 bridgehead atoms. The highest BCUT2D eigenvalue weighted by atomic mass is 32.2.